The van der Waals surface area contributed by atoms with E-state index >= 15 is 0 Å². The standard InChI is InChI=1S/C31H21N5/c1-2-8-24(9-3-1)31-32-33-34-36(31)26-20-16-23(17-21-26)22-14-18-25(19-15-22)35-29-12-6-4-10-27(29)28-11-5-7-13-30(28)35/h1-21H. The first-order valence-corrected chi connectivity index (χ1v) is 11.9. The Hall–Kier alpha value is -5.03. The largest absolute Gasteiger partial charge is 0.309 e. The minimum absolute atomic E-state index is 0.721. The summed E-state index contributed by atoms with van der Waals surface area (Å²) in [6, 6.07) is 44.2. The van der Waals surface area contributed by atoms with Crippen molar-refractivity contribution in [3.63, 3.8) is 0 Å². The van der Waals surface area contributed by atoms with Gasteiger partial charge in [-0.15, -0.1) is 5.10 Å². The van der Waals surface area contributed by atoms with Gasteiger partial charge in [0.1, 0.15) is 0 Å². The Morgan fingerprint density at radius 1 is 0.444 bits per heavy atom. The van der Waals surface area contributed by atoms with E-state index in [4.69, 9.17) is 0 Å². The molecule has 0 aliphatic rings. The van der Waals surface area contributed by atoms with E-state index in [9.17, 15) is 0 Å². The zero-order valence-corrected chi connectivity index (χ0v) is 19.4. The van der Waals surface area contributed by atoms with E-state index in [1.807, 2.05) is 30.3 Å². The second-order valence-corrected chi connectivity index (χ2v) is 8.74. The summed E-state index contributed by atoms with van der Waals surface area (Å²) in [6.45, 7) is 0. The summed E-state index contributed by atoms with van der Waals surface area (Å²) < 4.78 is 4.10. The summed E-state index contributed by atoms with van der Waals surface area (Å²) in [7, 11) is 0. The van der Waals surface area contributed by atoms with E-state index in [0.29, 0.717) is 0 Å². The number of fused-ring (bicyclic) bond motifs is 3. The molecule has 170 valence electrons. The summed E-state index contributed by atoms with van der Waals surface area (Å²) in [5.74, 6) is 0.721. The lowest BCUT2D eigenvalue weighted by molar-refractivity contribution is 0.791. The molecule has 0 bridgehead atoms. The van der Waals surface area contributed by atoms with Crippen molar-refractivity contribution in [2.24, 2.45) is 0 Å². The Labute approximate surface area is 207 Å². The third-order valence-electron chi connectivity index (χ3n) is 6.65. The van der Waals surface area contributed by atoms with Crippen molar-refractivity contribution >= 4 is 21.8 Å². The number of hydrogen-bond acceptors (Lipinski definition) is 3. The van der Waals surface area contributed by atoms with Crippen molar-refractivity contribution in [2.75, 3.05) is 0 Å². The second-order valence-electron chi connectivity index (χ2n) is 8.74. The molecule has 0 saturated heterocycles. The van der Waals surface area contributed by atoms with Crippen molar-refractivity contribution in [3.05, 3.63) is 127 Å². The first-order chi connectivity index (χ1) is 17.9. The molecule has 0 radical (unpaired) electrons. The predicted molar refractivity (Wildman–Crippen MR) is 144 cm³/mol. The number of hydrogen-bond donors (Lipinski definition) is 0. The molecule has 0 unspecified atom stereocenters. The van der Waals surface area contributed by atoms with Gasteiger partial charge in [-0.3, -0.25) is 0 Å². The van der Waals surface area contributed by atoms with Crippen LogP contribution >= 0.6 is 0 Å². The molecule has 0 N–H and O–H groups in total. The monoisotopic (exact) mass is 463 g/mol. The van der Waals surface area contributed by atoms with Gasteiger partial charge in [0.2, 0.25) is 0 Å². The lowest BCUT2D eigenvalue weighted by Crippen LogP contribution is -1.99. The first kappa shape index (κ1) is 20.4. The Balaban J connectivity index is 1.23. The maximum absolute atomic E-state index is 4.22. The van der Waals surface area contributed by atoms with Crippen molar-refractivity contribution < 1.29 is 0 Å². The van der Waals surface area contributed by atoms with Crippen molar-refractivity contribution in [1.82, 2.24) is 24.8 Å². The molecule has 7 aromatic rings. The molecule has 5 heteroatoms. The fourth-order valence-electron chi connectivity index (χ4n) is 4.93. The molecule has 0 saturated carbocycles. The molecule has 0 aliphatic carbocycles. The van der Waals surface area contributed by atoms with Gasteiger partial charge in [-0.1, -0.05) is 91.0 Å². The van der Waals surface area contributed by atoms with Gasteiger partial charge in [-0.25, -0.2) is 0 Å². The van der Waals surface area contributed by atoms with E-state index in [2.05, 4.69) is 117 Å². The average Bonchev–Trinajstić information content (AvgIpc) is 3.57. The molecule has 7 rings (SSSR count). The van der Waals surface area contributed by atoms with Crippen LogP contribution in [0.5, 0.6) is 0 Å². The summed E-state index contributed by atoms with van der Waals surface area (Å²) in [5, 5.41) is 14.9. The highest BCUT2D eigenvalue weighted by molar-refractivity contribution is 6.09. The fourth-order valence-corrected chi connectivity index (χ4v) is 4.93. The maximum Gasteiger partial charge on any atom is 0.187 e. The Kier molecular flexibility index (Phi) is 4.71. The number of para-hydroxylation sites is 2. The van der Waals surface area contributed by atoms with Gasteiger partial charge in [0.15, 0.2) is 5.82 Å². The van der Waals surface area contributed by atoms with Crippen LogP contribution in [0.2, 0.25) is 0 Å². The van der Waals surface area contributed by atoms with Crippen LogP contribution in [-0.2, 0) is 0 Å². The Bertz CT molecular complexity index is 1760. The predicted octanol–water partition coefficient (Wildman–Crippen LogP) is 7.09. The lowest BCUT2D eigenvalue weighted by atomic mass is 10.0. The van der Waals surface area contributed by atoms with Crippen LogP contribution in [0.3, 0.4) is 0 Å². The average molecular weight is 464 g/mol. The normalized spacial score (nSPS) is 11.3. The van der Waals surface area contributed by atoms with Crippen LogP contribution in [0.4, 0.5) is 0 Å². The molecular formula is C31H21N5. The zero-order chi connectivity index (χ0) is 23.9. The molecule has 0 aliphatic heterocycles. The molecule has 36 heavy (non-hydrogen) atoms. The van der Waals surface area contributed by atoms with Crippen molar-refractivity contribution in [3.8, 4) is 33.9 Å². The van der Waals surface area contributed by atoms with Gasteiger partial charge in [0.25, 0.3) is 0 Å². The van der Waals surface area contributed by atoms with Gasteiger partial charge >= 0.3 is 0 Å². The molecule has 0 atom stereocenters. The molecule has 2 aromatic heterocycles. The lowest BCUT2D eigenvalue weighted by Gasteiger charge is -2.10. The quantitative estimate of drug-likeness (QED) is 0.280. The molecule has 5 aromatic carbocycles. The fraction of sp³-hybridized carbons (Fsp3) is 0. The number of tetrazole rings is 1. The number of benzene rings is 5. The summed E-state index contributed by atoms with van der Waals surface area (Å²) in [4.78, 5) is 0. The van der Waals surface area contributed by atoms with Gasteiger partial charge in [0, 0.05) is 22.0 Å². The van der Waals surface area contributed by atoms with Gasteiger partial charge in [-0.05, 0) is 58.0 Å². The minimum Gasteiger partial charge on any atom is -0.309 e. The van der Waals surface area contributed by atoms with Gasteiger partial charge in [-0.2, -0.15) is 4.68 Å². The van der Waals surface area contributed by atoms with Crippen molar-refractivity contribution in [2.45, 2.75) is 0 Å². The second kappa shape index (κ2) is 8.32. The van der Waals surface area contributed by atoms with Crippen LogP contribution in [0, 0.1) is 0 Å². The highest BCUT2D eigenvalue weighted by Gasteiger charge is 2.12. The third-order valence-corrected chi connectivity index (χ3v) is 6.65. The van der Waals surface area contributed by atoms with Gasteiger partial charge in [0.05, 0.1) is 16.7 Å². The maximum atomic E-state index is 4.22. The molecule has 0 amide bonds. The summed E-state index contributed by atoms with van der Waals surface area (Å²) >= 11 is 0. The minimum atomic E-state index is 0.721. The van der Waals surface area contributed by atoms with Crippen LogP contribution < -0.4 is 0 Å². The van der Waals surface area contributed by atoms with E-state index in [1.54, 1.807) is 4.68 Å². The molecule has 0 spiro atoms. The van der Waals surface area contributed by atoms with Crippen LogP contribution in [0.25, 0.3) is 55.7 Å². The Morgan fingerprint density at radius 2 is 0.972 bits per heavy atom. The Morgan fingerprint density at radius 3 is 1.58 bits per heavy atom. The SMILES string of the molecule is c1ccc(-c2nnnn2-c2ccc(-c3ccc(-n4c5ccccc5c5ccccc54)cc3)cc2)cc1. The highest BCUT2D eigenvalue weighted by Crippen LogP contribution is 2.32. The number of rotatable bonds is 4. The van der Waals surface area contributed by atoms with Gasteiger partial charge < -0.3 is 4.57 Å². The molecule has 5 nitrogen and oxygen atoms in total. The van der Waals surface area contributed by atoms with E-state index in [1.165, 1.54) is 21.8 Å². The number of nitrogens with zero attached hydrogens (tertiary/aromatic N) is 5. The van der Waals surface area contributed by atoms with Crippen LogP contribution in [0.1, 0.15) is 0 Å². The van der Waals surface area contributed by atoms with Crippen molar-refractivity contribution in [1.29, 1.82) is 0 Å². The van der Waals surface area contributed by atoms with E-state index in [0.717, 1.165) is 33.9 Å². The highest BCUT2D eigenvalue weighted by atomic mass is 15.5. The topological polar surface area (TPSA) is 48.5 Å². The molecular weight excluding hydrogens is 442 g/mol. The first-order valence-electron chi connectivity index (χ1n) is 11.9. The molecule has 0 fully saturated rings. The zero-order valence-electron chi connectivity index (χ0n) is 19.4. The van der Waals surface area contributed by atoms with E-state index in [-0.39, 0.29) is 0 Å². The van der Waals surface area contributed by atoms with Crippen LogP contribution in [-0.4, -0.2) is 24.8 Å². The number of aromatic nitrogens is 5. The van der Waals surface area contributed by atoms with Crippen LogP contribution in [0.15, 0.2) is 127 Å². The smallest absolute Gasteiger partial charge is 0.187 e. The third kappa shape index (κ3) is 3.29. The summed E-state index contributed by atoms with van der Waals surface area (Å²) in [5.41, 5.74) is 7.77. The molecule has 2 heterocycles. The summed E-state index contributed by atoms with van der Waals surface area (Å²) in [6.07, 6.45) is 0. The van der Waals surface area contributed by atoms with E-state index < -0.39 is 0 Å².